The van der Waals surface area contributed by atoms with Crippen LogP contribution in [-0.2, 0) is 17.1 Å². The first-order chi connectivity index (χ1) is 11.9. The van der Waals surface area contributed by atoms with Gasteiger partial charge in [0.05, 0.1) is 16.9 Å². The van der Waals surface area contributed by atoms with Crippen molar-refractivity contribution in [2.45, 2.75) is 11.8 Å². The molecule has 2 heterocycles. The Balaban J connectivity index is 1.81. The normalized spacial score (nSPS) is 16.0. The highest BCUT2D eigenvalue weighted by atomic mass is 35.5. The van der Waals surface area contributed by atoms with Gasteiger partial charge in [-0.2, -0.15) is 14.7 Å². The molecule has 132 valence electrons. The van der Waals surface area contributed by atoms with Crippen LogP contribution in [0, 0.1) is 18.3 Å². The summed E-state index contributed by atoms with van der Waals surface area (Å²) in [7, 11) is -2.08. The van der Waals surface area contributed by atoms with Crippen molar-refractivity contribution in [2.75, 3.05) is 31.1 Å². The van der Waals surface area contributed by atoms with Gasteiger partial charge in [-0.05, 0) is 19.1 Å². The third-order valence-corrected chi connectivity index (χ3v) is 6.90. The third kappa shape index (κ3) is 3.11. The molecular weight excluding hydrogens is 362 g/mol. The molecule has 1 saturated heterocycles. The van der Waals surface area contributed by atoms with E-state index in [9.17, 15) is 13.7 Å². The number of nitrogens with zero attached hydrogens (tertiary/aromatic N) is 5. The van der Waals surface area contributed by atoms with Crippen LogP contribution in [0.3, 0.4) is 0 Å². The summed E-state index contributed by atoms with van der Waals surface area (Å²) in [6.45, 7) is 3.31. The summed E-state index contributed by atoms with van der Waals surface area (Å²) in [6, 6.07) is 9.51. The van der Waals surface area contributed by atoms with Crippen molar-refractivity contribution in [2.24, 2.45) is 7.05 Å². The first-order valence-electron chi connectivity index (χ1n) is 7.79. The topological polar surface area (TPSA) is 82.2 Å². The Kier molecular flexibility index (Phi) is 4.73. The quantitative estimate of drug-likeness (QED) is 0.811. The van der Waals surface area contributed by atoms with Gasteiger partial charge in [0.25, 0.3) is 0 Å². The van der Waals surface area contributed by atoms with Crippen molar-refractivity contribution < 1.29 is 8.42 Å². The highest BCUT2D eigenvalue weighted by Gasteiger charge is 2.34. The molecule has 0 radical (unpaired) electrons. The van der Waals surface area contributed by atoms with Crippen LogP contribution in [-0.4, -0.2) is 48.7 Å². The average Bonchev–Trinajstić information content (AvgIpc) is 2.87. The first-order valence-corrected chi connectivity index (χ1v) is 9.61. The van der Waals surface area contributed by atoms with E-state index in [2.05, 4.69) is 11.2 Å². The highest BCUT2D eigenvalue weighted by Crippen LogP contribution is 2.29. The van der Waals surface area contributed by atoms with Gasteiger partial charge in [-0.1, -0.05) is 23.7 Å². The maximum atomic E-state index is 12.9. The third-order valence-electron chi connectivity index (χ3n) is 4.30. The maximum Gasteiger partial charge on any atom is 0.248 e. The van der Waals surface area contributed by atoms with E-state index in [0.717, 1.165) is 5.69 Å². The molecule has 0 N–H and O–H groups in total. The van der Waals surface area contributed by atoms with Crippen LogP contribution < -0.4 is 4.90 Å². The van der Waals surface area contributed by atoms with Gasteiger partial charge in [0, 0.05) is 33.2 Å². The molecule has 9 heteroatoms. The van der Waals surface area contributed by atoms with Crippen molar-refractivity contribution >= 4 is 27.3 Å². The van der Waals surface area contributed by atoms with Crippen LogP contribution in [0.1, 0.15) is 11.3 Å². The Morgan fingerprint density at radius 2 is 1.84 bits per heavy atom. The Morgan fingerprint density at radius 3 is 2.40 bits per heavy atom. The molecule has 0 spiro atoms. The van der Waals surface area contributed by atoms with Crippen molar-refractivity contribution in [3.05, 3.63) is 40.7 Å². The summed E-state index contributed by atoms with van der Waals surface area (Å²) in [5, 5.41) is 13.4. The zero-order valence-electron chi connectivity index (χ0n) is 14.0. The second kappa shape index (κ2) is 6.67. The molecule has 1 aromatic heterocycles. The summed E-state index contributed by atoms with van der Waals surface area (Å²) in [5.41, 5.74) is 1.81. The molecule has 1 fully saturated rings. The molecule has 1 aliphatic rings. The number of rotatable bonds is 3. The van der Waals surface area contributed by atoms with Gasteiger partial charge in [0.1, 0.15) is 16.1 Å². The molecular formula is C16H18ClN5O2S. The van der Waals surface area contributed by atoms with Gasteiger partial charge in [0.2, 0.25) is 10.0 Å². The Hall–Kier alpha value is -2.08. The monoisotopic (exact) mass is 379 g/mol. The zero-order valence-corrected chi connectivity index (χ0v) is 15.5. The maximum absolute atomic E-state index is 12.9. The van der Waals surface area contributed by atoms with E-state index in [-0.39, 0.29) is 10.0 Å². The molecule has 0 unspecified atom stereocenters. The molecule has 0 amide bonds. The largest absolute Gasteiger partial charge is 0.368 e. The summed E-state index contributed by atoms with van der Waals surface area (Å²) < 4.78 is 28.6. The molecule has 3 rings (SSSR count). The van der Waals surface area contributed by atoms with Crippen LogP contribution in [0.5, 0.6) is 0 Å². The fraction of sp³-hybridized carbons (Fsp3) is 0.375. The highest BCUT2D eigenvalue weighted by molar-refractivity contribution is 7.89. The first kappa shape index (κ1) is 17.7. The molecule has 25 heavy (non-hydrogen) atoms. The number of anilines is 1. The Morgan fingerprint density at radius 1 is 1.20 bits per heavy atom. The van der Waals surface area contributed by atoms with Crippen LogP contribution in [0.2, 0.25) is 5.15 Å². The summed E-state index contributed by atoms with van der Waals surface area (Å²) >= 11 is 6.13. The van der Waals surface area contributed by atoms with E-state index < -0.39 is 10.0 Å². The molecule has 2 aromatic rings. The number of aromatic nitrogens is 2. The second-order valence-electron chi connectivity index (χ2n) is 5.85. The second-order valence-corrected chi connectivity index (χ2v) is 8.08. The fourth-order valence-electron chi connectivity index (χ4n) is 3.05. The van der Waals surface area contributed by atoms with Gasteiger partial charge in [-0.3, -0.25) is 4.68 Å². The summed E-state index contributed by atoms with van der Waals surface area (Å²) in [5.74, 6) is 0. The van der Waals surface area contributed by atoms with E-state index in [1.54, 1.807) is 20.0 Å². The lowest BCUT2D eigenvalue weighted by atomic mass is 10.1. The lowest BCUT2D eigenvalue weighted by molar-refractivity contribution is 0.384. The summed E-state index contributed by atoms with van der Waals surface area (Å²) in [4.78, 5) is 2.10. The minimum absolute atomic E-state index is 0.0718. The zero-order chi connectivity index (χ0) is 18.2. The predicted octanol–water partition coefficient (Wildman–Crippen LogP) is 1.76. The SMILES string of the molecule is Cc1nn(C)c(Cl)c1S(=O)(=O)N1CCN(c2ccccc2C#N)CC1. The smallest absolute Gasteiger partial charge is 0.248 e. The number of aryl methyl sites for hydroxylation is 2. The van der Waals surface area contributed by atoms with Crippen LogP contribution >= 0.6 is 11.6 Å². The number of halogens is 1. The van der Waals surface area contributed by atoms with E-state index in [4.69, 9.17) is 11.6 Å². The predicted molar refractivity (Wildman–Crippen MR) is 95.1 cm³/mol. The van der Waals surface area contributed by atoms with Gasteiger partial charge in [-0.25, -0.2) is 8.42 Å². The number of hydrogen-bond donors (Lipinski definition) is 0. The summed E-state index contributed by atoms with van der Waals surface area (Å²) in [6.07, 6.45) is 0. The number of para-hydroxylation sites is 1. The van der Waals surface area contributed by atoms with Crippen LogP contribution in [0.25, 0.3) is 0 Å². The van der Waals surface area contributed by atoms with Gasteiger partial charge < -0.3 is 4.90 Å². The lowest BCUT2D eigenvalue weighted by Gasteiger charge is -2.35. The molecule has 0 atom stereocenters. The molecule has 0 aliphatic carbocycles. The molecule has 1 aromatic carbocycles. The Bertz CT molecular complexity index is 940. The minimum Gasteiger partial charge on any atom is -0.368 e. The average molecular weight is 380 g/mol. The molecule has 1 aliphatic heterocycles. The molecule has 7 nitrogen and oxygen atoms in total. The van der Waals surface area contributed by atoms with Gasteiger partial charge in [0.15, 0.2) is 0 Å². The number of sulfonamides is 1. The molecule has 0 bridgehead atoms. The van der Waals surface area contributed by atoms with Crippen LogP contribution in [0.4, 0.5) is 5.69 Å². The van der Waals surface area contributed by atoms with Crippen LogP contribution in [0.15, 0.2) is 29.2 Å². The van der Waals surface area contributed by atoms with Gasteiger partial charge in [-0.15, -0.1) is 0 Å². The minimum atomic E-state index is -3.70. The fourth-order valence-corrected chi connectivity index (χ4v) is 5.17. The number of nitriles is 1. The molecule has 0 saturated carbocycles. The van der Waals surface area contributed by atoms with Gasteiger partial charge >= 0.3 is 0 Å². The van der Waals surface area contributed by atoms with E-state index in [0.29, 0.717) is 37.4 Å². The Labute approximate surface area is 152 Å². The lowest BCUT2D eigenvalue weighted by Crippen LogP contribution is -2.49. The standard InChI is InChI=1S/C16H18ClN5O2S/c1-12-15(16(17)20(2)19-12)25(23,24)22-9-7-21(8-10-22)14-6-4-3-5-13(14)11-18/h3-6H,7-10H2,1-2H3. The van der Waals surface area contributed by atoms with Crippen molar-refractivity contribution in [3.8, 4) is 6.07 Å². The van der Waals surface area contributed by atoms with E-state index >= 15 is 0 Å². The number of piperazine rings is 1. The van der Waals surface area contributed by atoms with E-state index in [1.165, 1.54) is 8.99 Å². The van der Waals surface area contributed by atoms with E-state index in [1.807, 2.05) is 23.1 Å². The van der Waals surface area contributed by atoms with Crippen molar-refractivity contribution in [3.63, 3.8) is 0 Å². The van der Waals surface area contributed by atoms with Crippen molar-refractivity contribution in [1.82, 2.24) is 14.1 Å². The number of benzene rings is 1. The van der Waals surface area contributed by atoms with Crippen molar-refractivity contribution in [1.29, 1.82) is 5.26 Å². The number of hydrogen-bond acceptors (Lipinski definition) is 5.